The van der Waals surface area contributed by atoms with E-state index in [-0.39, 0.29) is 18.4 Å². The van der Waals surface area contributed by atoms with Gasteiger partial charge in [-0.25, -0.2) is 4.68 Å². The summed E-state index contributed by atoms with van der Waals surface area (Å²) >= 11 is 4.75. The van der Waals surface area contributed by atoms with Gasteiger partial charge in [-0.05, 0) is 72.6 Å². The Morgan fingerprint density at radius 3 is 2.77 bits per heavy atom. The first kappa shape index (κ1) is 21.7. The number of nitrogens with one attached hydrogen (secondary N) is 1. The molecule has 0 unspecified atom stereocenters. The van der Waals surface area contributed by atoms with Crippen LogP contribution in [0.3, 0.4) is 0 Å². The zero-order valence-electron chi connectivity index (χ0n) is 17.4. The van der Waals surface area contributed by atoms with Crippen LogP contribution in [0.25, 0.3) is 5.69 Å². The maximum absolute atomic E-state index is 12.6. The van der Waals surface area contributed by atoms with E-state index < -0.39 is 5.54 Å². The third kappa shape index (κ3) is 4.56. The Bertz CT molecular complexity index is 1140. The molecule has 0 spiro atoms. The zero-order valence-corrected chi connectivity index (χ0v) is 19.8. The Kier molecular flexibility index (Phi) is 5.96. The number of aromatic nitrogens is 3. The van der Waals surface area contributed by atoms with Crippen molar-refractivity contribution in [2.75, 3.05) is 24.7 Å². The summed E-state index contributed by atoms with van der Waals surface area (Å²) in [6.07, 6.45) is 1.80. The molecule has 3 aromatic rings. The predicted octanol–water partition coefficient (Wildman–Crippen LogP) is 3.43. The minimum atomic E-state index is -0.707. The monoisotopic (exact) mass is 503 g/mol. The molecule has 0 atom stereocenters. The second kappa shape index (κ2) is 8.52. The fourth-order valence-corrected chi connectivity index (χ4v) is 4.66. The predicted molar refractivity (Wildman–Crippen MR) is 122 cm³/mol. The Balaban J connectivity index is 1.53. The highest BCUT2D eigenvalue weighted by Gasteiger charge is 2.28. The third-order valence-corrected chi connectivity index (χ3v) is 6.70. The first-order valence-corrected chi connectivity index (χ1v) is 11.4. The summed E-state index contributed by atoms with van der Waals surface area (Å²) in [7, 11) is 0. The van der Waals surface area contributed by atoms with Gasteiger partial charge in [0, 0.05) is 12.2 Å². The number of anilines is 1. The number of hydrogen-bond donors (Lipinski definition) is 1. The van der Waals surface area contributed by atoms with Crippen LogP contribution < -0.4 is 10.2 Å². The molecule has 3 heterocycles. The van der Waals surface area contributed by atoms with Gasteiger partial charge >= 0.3 is 0 Å². The molecule has 1 fully saturated rings. The topological polar surface area (TPSA) is 89.3 Å². The van der Waals surface area contributed by atoms with Crippen molar-refractivity contribution < 1.29 is 14.3 Å². The van der Waals surface area contributed by atoms with Crippen LogP contribution in [-0.4, -0.2) is 46.6 Å². The molecule has 0 radical (unpaired) electrons. The molecule has 4 rings (SSSR count). The Hall–Kier alpha value is -2.56. The van der Waals surface area contributed by atoms with E-state index in [0.29, 0.717) is 23.7 Å². The fraction of sp³-hybridized carbons (Fsp3) is 0.333. The second-order valence-electron chi connectivity index (χ2n) is 7.80. The average Bonchev–Trinajstić information content (AvgIpc) is 3.38. The highest BCUT2D eigenvalue weighted by molar-refractivity contribution is 9.11. The first-order chi connectivity index (χ1) is 14.7. The SMILES string of the molecule is Cc1cc(-n2cc(C(C)(C)NC(=O)c3ccc(Br)s3)nn2)ccc1N1CCOCC1=O. The Morgan fingerprint density at radius 2 is 2.10 bits per heavy atom. The van der Waals surface area contributed by atoms with Gasteiger partial charge in [-0.2, -0.15) is 0 Å². The van der Waals surface area contributed by atoms with Crippen LogP contribution in [-0.2, 0) is 15.1 Å². The van der Waals surface area contributed by atoms with Gasteiger partial charge in [-0.1, -0.05) is 5.21 Å². The molecular formula is C21H22BrN5O3S. The summed E-state index contributed by atoms with van der Waals surface area (Å²) in [5.74, 6) is -0.203. The van der Waals surface area contributed by atoms with Gasteiger partial charge in [-0.15, -0.1) is 16.4 Å². The fourth-order valence-electron chi connectivity index (χ4n) is 3.38. The second-order valence-corrected chi connectivity index (χ2v) is 10.3. The summed E-state index contributed by atoms with van der Waals surface area (Å²) in [6.45, 7) is 6.92. The molecule has 31 heavy (non-hydrogen) atoms. The number of benzene rings is 1. The molecule has 1 N–H and O–H groups in total. The molecule has 8 nitrogen and oxygen atoms in total. The normalized spacial score (nSPS) is 14.7. The van der Waals surface area contributed by atoms with E-state index in [1.54, 1.807) is 21.8 Å². The molecule has 10 heteroatoms. The number of nitrogens with zero attached hydrogens (tertiary/aromatic N) is 4. The van der Waals surface area contributed by atoms with Gasteiger partial charge in [-0.3, -0.25) is 9.59 Å². The molecule has 0 aliphatic carbocycles. The van der Waals surface area contributed by atoms with Crippen molar-refractivity contribution in [1.82, 2.24) is 20.3 Å². The number of aryl methyl sites for hydroxylation is 1. The van der Waals surface area contributed by atoms with E-state index in [9.17, 15) is 9.59 Å². The van der Waals surface area contributed by atoms with Crippen molar-refractivity contribution >= 4 is 44.8 Å². The minimum absolute atomic E-state index is 0.0413. The number of amides is 2. The van der Waals surface area contributed by atoms with Crippen molar-refractivity contribution in [3.8, 4) is 5.69 Å². The van der Waals surface area contributed by atoms with Crippen LogP contribution in [0.15, 0.2) is 40.3 Å². The van der Waals surface area contributed by atoms with Crippen molar-refractivity contribution in [2.45, 2.75) is 26.3 Å². The highest BCUT2D eigenvalue weighted by Crippen LogP contribution is 2.26. The van der Waals surface area contributed by atoms with Crippen molar-refractivity contribution in [3.05, 3.63) is 56.4 Å². The lowest BCUT2D eigenvalue weighted by Gasteiger charge is -2.28. The van der Waals surface area contributed by atoms with Crippen molar-refractivity contribution in [2.24, 2.45) is 0 Å². The van der Waals surface area contributed by atoms with Crippen LogP contribution >= 0.6 is 27.3 Å². The maximum atomic E-state index is 12.6. The summed E-state index contributed by atoms with van der Waals surface area (Å²) in [4.78, 5) is 27.1. The summed E-state index contributed by atoms with van der Waals surface area (Å²) in [5, 5.41) is 11.5. The first-order valence-electron chi connectivity index (χ1n) is 9.74. The van der Waals surface area contributed by atoms with E-state index in [2.05, 4.69) is 31.6 Å². The van der Waals surface area contributed by atoms with Crippen molar-refractivity contribution in [1.29, 1.82) is 0 Å². The molecule has 2 amide bonds. The van der Waals surface area contributed by atoms with Crippen LogP contribution in [0.2, 0.25) is 0 Å². The largest absolute Gasteiger partial charge is 0.370 e. The number of ether oxygens (including phenoxy) is 1. The number of halogens is 1. The summed E-state index contributed by atoms with van der Waals surface area (Å²) in [6, 6.07) is 9.40. The molecule has 2 aromatic heterocycles. The zero-order chi connectivity index (χ0) is 22.2. The van der Waals surface area contributed by atoms with E-state index in [4.69, 9.17) is 4.74 Å². The van der Waals surface area contributed by atoms with Gasteiger partial charge in [0.1, 0.15) is 12.3 Å². The van der Waals surface area contributed by atoms with E-state index in [0.717, 1.165) is 20.7 Å². The van der Waals surface area contributed by atoms with Crippen LogP contribution in [0, 0.1) is 6.92 Å². The maximum Gasteiger partial charge on any atom is 0.262 e. The van der Waals surface area contributed by atoms with Gasteiger partial charge in [0.25, 0.3) is 11.8 Å². The molecule has 162 valence electrons. The van der Waals surface area contributed by atoms with Crippen molar-refractivity contribution in [3.63, 3.8) is 0 Å². The van der Waals surface area contributed by atoms with E-state index in [1.807, 2.05) is 45.0 Å². The standard InChI is InChI=1S/C21H22BrN5O3S/c1-13-10-14(4-5-15(13)26-8-9-30-12-19(26)28)27-11-17(24-25-27)21(2,3)23-20(29)16-6-7-18(22)31-16/h4-7,10-11H,8-9,12H2,1-3H3,(H,23,29). The molecular weight excluding hydrogens is 482 g/mol. The Labute approximate surface area is 192 Å². The molecule has 0 bridgehead atoms. The number of thiophene rings is 1. The lowest BCUT2D eigenvalue weighted by molar-refractivity contribution is -0.125. The number of rotatable bonds is 5. The lowest BCUT2D eigenvalue weighted by Crippen LogP contribution is -2.42. The van der Waals surface area contributed by atoms with Crippen LogP contribution in [0.1, 0.15) is 34.8 Å². The summed E-state index contributed by atoms with van der Waals surface area (Å²) in [5.41, 5.74) is 2.58. The Morgan fingerprint density at radius 1 is 1.29 bits per heavy atom. The number of carbonyl (C=O) groups excluding carboxylic acids is 2. The molecule has 1 aliphatic heterocycles. The smallest absolute Gasteiger partial charge is 0.262 e. The van der Waals surface area contributed by atoms with Gasteiger partial charge < -0.3 is 15.0 Å². The number of hydrogen-bond acceptors (Lipinski definition) is 6. The molecule has 1 aromatic carbocycles. The minimum Gasteiger partial charge on any atom is -0.370 e. The van der Waals surface area contributed by atoms with E-state index >= 15 is 0 Å². The van der Waals surface area contributed by atoms with Crippen LogP contribution in [0.4, 0.5) is 5.69 Å². The molecule has 1 saturated heterocycles. The van der Waals surface area contributed by atoms with Crippen LogP contribution in [0.5, 0.6) is 0 Å². The summed E-state index contributed by atoms with van der Waals surface area (Å²) < 4.78 is 7.78. The quantitative estimate of drug-likeness (QED) is 0.575. The average molecular weight is 504 g/mol. The lowest BCUT2D eigenvalue weighted by atomic mass is 10.0. The van der Waals surface area contributed by atoms with Gasteiger partial charge in [0.2, 0.25) is 0 Å². The van der Waals surface area contributed by atoms with E-state index in [1.165, 1.54) is 11.3 Å². The number of carbonyl (C=O) groups is 2. The molecule has 1 aliphatic rings. The highest BCUT2D eigenvalue weighted by atomic mass is 79.9. The number of morpholine rings is 1. The third-order valence-electron chi connectivity index (χ3n) is 5.08. The van der Waals surface area contributed by atoms with Gasteiger partial charge in [0.15, 0.2) is 0 Å². The van der Waals surface area contributed by atoms with Gasteiger partial charge in [0.05, 0.1) is 32.7 Å². The molecule has 0 saturated carbocycles.